The molecule has 0 fully saturated rings. The van der Waals surface area contributed by atoms with Gasteiger partial charge in [-0.15, -0.1) is 0 Å². The molecule has 0 aromatic heterocycles. The molecule has 2 nitrogen and oxygen atoms in total. The van der Waals surface area contributed by atoms with Crippen molar-refractivity contribution >= 4 is 53.6 Å². The molecule has 0 aliphatic rings. The van der Waals surface area contributed by atoms with E-state index in [1.54, 1.807) is 0 Å². The fraction of sp³-hybridized carbons (Fsp3) is 1.00. The van der Waals surface area contributed by atoms with E-state index in [1.165, 1.54) is 0 Å². The van der Waals surface area contributed by atoms with E-state index in [4.69, 9.17) is 7.58 Å². The molecule has 0 bridgehead atoms. The summed E-state index contributed by atoms with van der Waals surface area (Å²) in [6.07, 6.45) is 0.609. The maximum absolute atomic E-state index is 5.21. The Kier molecular flexibility index (Phi) is 12.5. The zero-order valence-electron chi connectivity index (χ0n) is 10.3. The second-order valence-electron chi connectivity index (χ2n) is 2.47. The average molecular weight is 188 g/mol. The molecule has 0 amide bonds. The van der Waals surface area contributed by atoms with Crippen LogP contribution in [-0.4, -0.2) is 65.8 Å². The largest absolute Gasteiger partial charge is 2.00 e. The molecule has 4 heteroatoms. The predicted octanol–water partition coefficient (Wildman–Crippen LogP) is 1.33. The molecule has 58 valence electrons. The van der Waals surface area contributed by atoms with Crippen molar-refractivity contribution in [1.29, 1.82) is 0 Å². The topological polar surface area (TPSA) is 18.5 Å². The van der Waals surface area contributed by atoms with Crippen molar-refractivity contribution in [3.63, 3.8) is 0 Å². The first kappa shape index (κ1) is 14.2. The van der Waals surface area contributed by atoms with Crippen LogP contribution in [0.1, 0.15) is 32.0 Å². The number of hydrogen-bond acceptors (Lipinski definition) is 2. The van der Waals surface area contributed by atoms with Crippen LogP contribution in [0.25, 0.3) is 0 Å². The third-order valence-corrected chi connectivity index (χ3v) is 1.97. The number of hydrogen-bond donors (Lipinski definition) is 0. The zero-order chi connectivity index (χ0) is 7.28. The van der Waals surface area contributed by atoms with Crippen molar-refractivity contribution in [3.8, 4) is 0 Å². The second kappa shape index (κ2) is 8.81. The van der Waals surface area contributed by atoms with E-state index in [2.05, 4.69) is 0 Å². The van der Waals surface area contributed by atoms with Crippen LogP contribution < -0.4 is 0 Å². The summed E-state index contributed by atoms with van der Waals surface area (Å²) in [7, 11) is 0. The molecular weight excluding hydrogens is 171 g/mol. The molecule has 0 aliphatic carbocycles. The average Bonchev–Trinajstić information content (AvgIpc) is 1.63. The summed E-state index contributed by atoms with van der Waals surface area (Å²) < 4.78 is 10.4. The minimum atomic E-state index is -0.245. The molecule has 0 aromatic rings. The van der Waals surface area contributed by atoms with Gasteiger partial charge in [-0.25, -0.2) is 0 Å². The molecule has 0 radical (unpaired) electrons. The van der Waals surface area contributed by atoms with E-state index in [0.29, 0.717) is 12.2 Å². The maximum Gasteiger partial charge on any atom is 2.00 e. The van der Waals surface area contributed by atoms with Gasteiger partial charge in [0.1, 0.15) is 0 Å². The molecular formula is C6H17AlCaO2. The van der Waals surface area contributed by atoms with Crippen molar-refractivity contribution in [1.82, 2.24) is 0 Å². The molecule has 0 aromatic carbocycles. The van der Waals surface area contributed by atoms with Gasteiger partial charge in [0.15, 0.2) is 0 Å². The molecule has 0 N–H and O–H groups in total. The van der Waals surface area contributed by atoms with Gasteiger partial charge in [-0.05, 0) is 0 Å². The minimum absolute atomic E-state index is 0. The summed E-state index contributed by atoms with van der Waals surface area (Å²) in [5.41, 5.74) is 0. The molecule has 0 saturated heterocycles. The van der Waals surface area contributed by atoms with Gasteiger partial charge < -0.3 is 4.28 Å². The Bertz CT molecular complexity index is 70.9. The van der Waals surface area contributed by atoms with Crippen LogP contribution in [0.2, 0.25) is 0 Å². The smallest absolute Gasteiger partial charge is 1.00 e. The van der Waals surface area contributed by atoms with Gasteiger partial charge in [0.2, 0.25) is 0 Å². The molecule has 0 aliphatic heterocycles. The van der Waals surface area contributed by atoms with Gasteiger partial charge in [-0.3, -0.25) is 0 Å². The van der Waals surface area contributed by atoms with Gasteiger partial charge >= 0.3 is 101 Å². The Balaban J connectivity index is -0.0000000533. The molecule has 0 saturated carbocycles. The quantitative estimate of drug-likeness (QED) is 0.620. The van der Waals surface area contributed by atoms with Crippen LogP contribution >= 0.6 is 0 Å². The van der Waals surface area contributed by atoms with Crippen LogP contribution in [0.5, 0.6) is 0 Å². The number of rotatable bonds is 4. The normalized spacial score (nSPS) is 9.40. The van der Waals surface area contributed by atoms with E-state index in [0.717, 1.165) is 0 Å². The summed E-state index contributed by atoms with van der Waals surface area (Å²) in [5.74, 6) is 0. The fourth-order valence-electron chi connectivity index (χ4n) is 0.254. The molecule has 0 unspecified atom stereocenters. The zero-order valence-corrected chi connectivity index (χ0v) is 10.6. The van der Waals surface area contributed by atoms with Gasteiger partial charge in [-0.2, -0.15) is 0 Å². The van der Waals surface area contributed by atoms with Gasteiger partial charge in [0.05, 0.1) is 0 Å². The minimum Gasteiger partial charge on any atom is -1.00 e. The fourth-order valence-corrected chi connectivity index (χ4v) is 0.763. The Labute approximate surface area is 104 Å². The molecule has 10 heavy (non-hydrogen) atoms. The Morgan fingerprint density at radius 1 is 1.00 bits per heavy atom. The van der Waals surface area contributed by atoms with Crippen molar-refractivity contribution in [2.24, 2.45) is 0 Å². The van der Waals surface area contributed by atoms with E-state index < -0.39 is 0 Å². The van der Waals surface area contributed by atoms with E-state index in [-0.39, 0.29) is 57.9 Å². The second-order valence-corrected chi connectivity index (χ2v) is 3.20. The SMILES string of the molecule is CC(C)[O][Al+][O]C(C)C.[Ca+2].[H-].[H-].[H-]. The van der Waals surface area contributed by atoms with Gasteiger partial charge in [0.25, 0.3) is 0 Å². The van der Waals surface area contributed by atoms with Crippen LogP contribution in [0.3, 0.4) is 0 Å². The van der Waals surface area contributed by atoms with Gasteiger partial charge in [-0.1, -0.05) is 0 Å². The molecule has 0 rings (SSSR count). The molecule has 0 atom stereocenters. The molecule has 0 spiro atoms. The third kappa shape index (κ3) is 12.4. The summed E-state index contributed by atoms with van der Waals surface area (Å²) in [4.78, 5) is 0. The van der Waals surface area contributed by atoms with Gasteiger partial charge in [0, 0.05) is 0 Å². The first-order chi connectivity index (χ1) is 4.13. The standard InChI is InChI=1S/2C3H7O.Al.Ca.3H/c2*1-3(2)4;;;;;/h2*3H,1-2H3;;;;;/q2*-1;+3;+2;3*-1. The predicted molar refractivity (Wildman–Crippen MR) is 47.3 cm³/mol. The van der Waals surface area contributed by atoms with E-state index >= 15 is 0 Å². The van der Waals surface area contributed by atoms with Crippen molar-refractivity contribution in [2.45, 2.75) is 39.9 Å². The Hall–Kier alpha value is 1.71. The van der Waals surface area contributed by atoms with Crippen LogP contribution in [0.15, 0.2) is 0 Å². The third-order valence-electron chi connectivity index (χ3n) is 0.655. The summed E-state index contributed by atoms with van der Waals surface area (Å²) in [5, 5.41) is 0. The van der Waals surface area contributed by atoms with Crippen LogP contribution in [0, 0.1) is 0 Å². The first-order valence-electron chi connectivity index (χ1n) is 3.25. The summed E-state index contributed by atoms with van der Waals surface area (Å²) >= 11 is -0.245. The van der Waals surface area contributed by atoms with Crippen LogP contribution in [0.4, 0.5) is 0 Å². The Morgan fingerprint density at radius 2 is 1.30 bits per heavy atom. The van der Waals surface area contributed by atoms with Crippen molar-refractivity contribution < 1.29 is 11.9 Å². The van der Waals surface area contributed by atoms with Crippen molar-refractivity contribution in [2.75, 3.05) is 0 Å². The maximum atomic E-state index is 5.21. The monoisotopic (exact) mass is 188 g/mol. The molecule has 0 heterocycles. The van der Waals surface area contributed by atoms with E-state index in [1.807, 2.05) is 27.7 Å². The summed E-state index contributed by atoms with van der Waals surface area (Å²) in [6.45, 7) is 8.04. The Morgan fingerprint density at radius 3 is 1.50 bits per heavy atom. The van der Waals surface area contributed by atoms with Crippen LogP contribution in [-0.2, 0) is 7.58 Å². The van der Waals surface area contributed by atoms with Crippen molar-refractivity contribution in [3.05, 3.63) is 0 Å². The first-order valence-corrected chi connectivity index (χ1v) is 4.20. The summed E-state index contributed by atoms with van der Waals surface area (Å²) in [6, 6.07) is 0. The van der Waals surface area contributed by atoms with E-state index in [9.17, 15) is 0 Å².